The van der Waals surface area contributed by atoms with E-state index in [0.717, 1.165) is 22.5 Å². The van der Waals surface area contributed by atoms with Gasteiger partial charge in [0.1, 0.15) is 5.00 Å². The molecule has 33 heavy (non-hydrogen) atoms. The van der Waals surface area contributed by atoms with Crippen molar-refractivity contribution >= 4 is 45.5 Å². The number of carbonyl (C=O) groups excluding carboxylic acids is 3. The maximum Gasteiger partial charge on any atom is 0.341 e. The number of nitrogens with one attached hydrogen (secondary N) is 2. The molecule has 1 heterocycles. The van der Waals surface area contributed by atoms with E-state index in [1.807, 2.05) is 32.0 Å². The number of esters is 1. The Balaban J connectivity index is 1.93. The number of ether oxygens (including phenoxy) is 1. The number of anilines is 2. The summed E-state index contributed by atoms with van der Waals surface area (Å²) >= 11 is 0.945. The standard InChI is InChI=1S/C23H21N3O6S/c1-12-5-6-13(2)17(11-12)24-21(28)19-14(3)18(23(29)32-4)22(33-19)25-20(27)15-7-9-16(10-8-15)26(30)31/h5-11H,1-4H3,(H,24,28)(H,25,27). The molecule has 0 unspecified atom stereocenters. The quantitative estimate of drug-likeness (QED) is 0.302. The minimum atomic E-state index is -0.700. The molecular weight excluding hydrogens is 446 g/mol. The summed E-state index contributed by atoms with van der Waals surface area (Å²) in [6, 6.07) is 10.7. The number of hydrogen-bond donors (Lipinski definition) is 2. The summed E-state index contributed by atoms with van der Waals surface area (Å²) in [5.41, 5.74) is 2.94. The topological polar surface area (TPSA) is 128 Å². The molecule has 0 saturated heterocycles. The first-order valence-electron chi connectivity index (χ1n) is 9.78. The smallest absolute Gasteiger partial charge is 0.341 e. The Kier molecular flexibility index (Phi) is 6.88. The first-order chi connectivity index (χ1) is 15.6. The maximum absolute atomic E-state index is 13.0. The fourth-order valence-corrected chi connectivity index (χ4v) is 4.21. The molecule has 0 saturated carbocycles. The van der Waals surface area contributed by atoms with Crippen LogP contribution in [0.2, 0.25) is 0 Å². The number of nitro benzene ring substituents is 1. The Labute approximate surface area is 193 Å². The van der Waals surface area contributed by atoms with Crippen LogP contribution in [0, 0.1) is 30.9 Å². The molecule has 1 aromatic heterocycles. The number of aryl methyl sites for hydroxylation is 2. The number of non-ortho nitro benzene ring substituents is 1. The zero-order chi connectivity index (χ0) is 24.3. The second kappa shape index (κ2) is 9.61. The summed E-state index contributed by atoms with van der Waals surface area (Å²) in [7, 11) is 1.21. The molecule has 10 heteroatoms. The van der Waals surface area contributed by atoms with Gasteiger partial charge >= 0.3 is 5.97 Å². The average Bonchev–Trinajstić information content (AvgIpc) is 3.11. The normalized spacial score (nSPS) is 10.4. The van der Waals surface area contributed by atoms with Gasteiger partial charge in [0, 0.05) is 23.4 Å². The fraction of sp³-hybridized carbons (Fsp3) is 0.174. The van der Waals surface area contributed by atoms with Crippen molar-refractivity contribution in [2.75, 3.05) is 17.7 Å². The highest BCUT2D eigenvalue weighted by Crippen LogP contribution is 2.35. The summed E-state index contributed by atoms with van der Waals surface area (Å²) in [6.07, 6.45) is 0. The number of benzene rings is 2. The molecule has 2 amide bonds. The van der Waals surface area contributed by atoms with Crippen molar-refractivity contribution in [2.24, 2.45) is 0 Å². The number of thiophene rings is 1. The molecule has 2 aromatic carbocycles. The highest BCUT2D eigenvalue weighted by Gasteiger charge is 2.27. The summed E-state index contributed by atoms with van der Waals surface area (Å²) in [4.78, 5) is 48.6. The largest absolute Gasteiger partial charge is 0.465 e. The van der Waals surface area contributed by atoms with Gasteiger partial charge in [0.25, 0.3) is 17.5 Å². The lowest BCUT2D eigenvalue weighted by Crippen LogP contribution is -2.14. The van der Waals surface area contributed by atoms with E-state index in [4.69, 9.17) is 4.74 Å². The van der Waals surface area contributed by atoms with Crippen LogP contribution in [0.4, 0.5) is 16.4 Å². The second-order valence-electron chi connectivity index (χ2n) is 7.28. The van der Waals surface area contributed by atoms with E-state index in [2.05, 4.69) is 10.6 Å². The van der Waals surface area contributed by atoms with Crippen LogP contribution in [0.1, 0.15) is 47.1 Å². The van der Waals surface area contributed by atoms with Crippen LogP contribution in [0.3, 0.4) is 0 Å². The first-order valence-corrected chi connectivity index (χ1v) is 10.6. The van der Waals surface area contributed by atoms with E-state index in [1.165, 1.54) is 31.4 Å². The van der Waals surface area contributed by atoms with Crippen LogP contribution in [0.5, 0.6) is 0 Å². The molecule has 0 aliphatic heterocycles. The molecule has 0 atom stereocenters. The summed E-state index contributed by atoms with van der Waals surface area (Å²) < 4.78 is 4.84. The van der Waals surface area contributed by atoms with Gasteiger partial charge in [0.05, 0.1) is 22.5 Å². The van der Waals surface area contributed by atoms with Gasteiger partial charge < -0.3 is 15.4 Å². The Bertz CT molecular complexity index is 1260. The van der Waals surface area contributed by atoms with Crippen LogP contribution in [0.25, 0.3) is 0 Å². The Morgan fingerprint density at radius 3 is 2.24 bits per heavy atom. The minimum Gasteiger partial charge on any atom is -0.465 e. The molecule has 9 nitrogen and oxygen atoms in total. The number of carbonyl (C=O) groups is 3. The molecule has 3 aromatic rings. The lowest BCUT2D eigenvalue weighted by atomic mass is 10.1. The third-order valence-electron chi connectivity index (χ3n) is 4.95. The number of nitro groups is 1. The van der Waals surface area contributed by atoms with Gasteiger partial charge in [-0.15, -0.1) is 11.3 Å². The second-order valence-corrected chi connectivity index (χ2v) is 8.30. The van der Waals surface area contributed by atoms with E-state index in [-0.39, 0.29) is 26.7 Å². The van der Waals surface area contributed by atoms with E-state index in [1.54, 1.807) is 6.92 Å². The SMILES string of the molecule is COC(=O)c1c(NC(=O)c2ccc([N+](=O)[O-])cc2)sc(C(=O)Nc2cc(C)ccc2C)c1C. The monoisotopic (exact) mass is 467 g/mol. The van der Waals surface area contributed by atoms with Crippen molar-refractivity contribution < 1.29 is 24.0 Å². The van der Waals surface area contributed by atoms with Crippen molar-refractivity contribution in [1.29, 1.82) is 0 Å². The predicted octanol–water partition coefficient (Wildman–Crippen LogP) is 4.87. The Morgan fingerprint density at radius 1 is 0.970 bits per heavy atom. The number of methoxy groups -OCH3 is 1. The van der Waals surface area contributed by atoms with Crippen LogP contribution >= 0.6 is 11.3 Å². The molecule has 170 valence electrons. The third kappa shape index (κ3) is 5.07. The van der Waals surface area contributed by atoms with Crippen LogP contribution in [-0.4, -0.2) is 29.8 Å². The van der Waals surface area contributed by atoms with Crippen molar-refractivity contribution in [3.63, 3.8) is 0 Å². The maximum atomic E-state index is 13.0. The molecule has 0 aliphatic rings. The highest BCUT2D eigenvalue weighted by molar-refractivity contribution is 7.19. The average molecular weight is 468 g/mol. The minimum absolute atomic E-state index is 0.0730. The number of rotatable bonds is 6. The zero-order valence-corrected chi connectivity index (χ0v) is 19.2. The van der Waals surface area contributed by atoms with Crippen molar-refractivity contribution in [1.82, 2.24) is 0 Å². The number of hydrogen-bond acceptors (Lipinski definition) is 7. The van der Waals surface area contributed by atoms with Gasteiger partial charge in [0.15, 0.2) is 0 Å². The molecule has 0 radical (unpaired) electrons. The van der Waals surface area contributed by atoms with E-state index in [0.29, 0.717) is 11.3 Å². The Hall–Kier alpha value is -4.05. The summed E-state index contributed by atoms with van der Waals surface area (Å²) in [5, 5.41) is 16.4. The van der Waals surface area contributed by atoms with Gasteiger partial charge in [0.2, 0.25) is 0 Å². The van der Waals surface area contributed by atoms with Gasteiger partial charge in [-0.1, -0.05) is 12.1 Å². The molecule has 0 aliphatic carbocycles. The van der Waals surface area contributed by atoms with Gasteiger partial charge in [-0.25, -0.2) is 4.79 Å². The van der Waals surface area contributed by atoms with Crippen LogP contribution < -0.4 is 10.6 Å². The van der Waals surface area contributed by atoms with Crippen molar-refractivity contribution in [2.45, 2.75) is 20.8 Å². The summed E-state index contributed by atoms with van der Waals surface area (Å²) in [6.45, 7) is 5.38. The molecule has 3 rings (SSSR count). The fourth-order valence-electron chi connectivity index (χ4n) is 3.13. The molecule has 2 N–H and O–H groups in total. The molecule has 0 spiro atoms. The first kappa shape index (κ1) is 23.6. The number of nitrogens with zero attached hydrogens (tertiary/aromatic N) is 1. The highest BCUT2D eigenvalue weighted by atomic mass is 32.1. The molecule has 0 fully saturated rings. The van der Waals surface area contributed by atoms with Crippen LogP contribution in [0.15, 0.2) is 42.5 Å². The van der Waals surface area contributed by atoms with Gasteiger partial charge in [-0.05, 0) is 55.7 Å². The van der Waals surface area contributed by atoms with E-state index < -0.39 is 22.7 Å². The lowest BCUT2D eigenvalue weighted by Gasteiger charge is -2.09. The predicted molar refractivity (Wildman–Crippen MR) is 125 cm³/mol. The Morgan fingerprint density at radius 2 is 1.64 bits per heavy atom. The third-order valence-corrected chi connectivity index (χ3v) is 6.16. The molecular formula is C23H21N3O6S. The molecule has 0 bridgehead atoms. The van der Waals surface area contributed by atoms with Crippen molar-refractivity contribution in [3.8, 4) is 0 Å². The number of amides is 2. The van der Waals surface area contributed by atoms with Gasteiger partial charge in [-0.3, -0.25) is 19.7 Å². The van der Waals surface area contributed by atoms with E-state index in [9.17, 15) is 24.5 Å². The summed E-state index contributed by atoms with van der Waals surface area (Å²) in [5.74, 6) is -1.71. The van der Waals surface area contributed by atoms with E-state index >= 15 is 0 Å². The lowest BCUT2D eigenvalue weighted by molar-refractivity contribution is -0.384. The van der Waals surface area contributed by atoms with Crippen LogP contribution in [-0.2, 0) is 4.74 Å². The van der Waals surface area contributed by atoms with Gasteiger partial charge in [-0.2, -0.15) is 0 Å². The van der Waals surface area contributed by atoms with Crippen molar-refractivity contribution in [3.05, 3.63) is 85.3 Å². The zero-order valence-electron chi connectivity index (χ0n) is 18.3.